The Hall–Kier alpha value is -1.69. The fraction of sp³-hybridized carbons (Fsp3) is 0.462. The van der Waals surface area contributed by atoms with Crippen LogP contribution in [0.5, 0.6) is 0 Å². The van der Waals surface area contributed by atoms with Crippen molar-refractivity contribution in [3.63, 3.8) is 0 Å². The first-order valence-corrected chi connectivity index (χ1v) is 7.75. The third-order valence-corrected chi connectivity index (χ3v) is 4.41. The molecule has 0 spiro atoms. The average Bonchev–Trinajstić information content (AvgIpc) is 2.42. The summed E-state index contributed by atoms with van der Waals surface area (Å²) >= 11 is 0. The Kier molecular flexibility index (Phi) is 6.08. The maximum atomic E-state index is 13.8. The van der Waals surface area contributed by atoms with Crippen LogP contribution in [0.25, 0.3) is 0 Å². The Labute approximate surface area is 125 Å². The monoisotopic (exact) mass is 314 g/mol. The van der Waals surface area contributed by atoms with Crippen LogP contribution in [-0.4, -0.2) is 40.4 Å². The average molecular weight is 314 g/mol. The minimum Gasteiger partial charge on any atom is -0.375 e. The van der Waals surface area contributed by atoms with Crippen LogP contribution < -0.4 is 9.62 Å². The Balaban J connectivity index is 2.71. The molecule has 0 fully saturated rings. The molecule has 1 rings (SSSR count). The van der Waals surface area contributed by atoms with Crippen molar-refractivity contribution < 1.29 is 12.8 Å². The molecule has 6 nitrogen and oxygen atoms in total. The number of benzene rings is 1. The normalized spacial score (nSPS) is 11.4. The molecule has 0 unspecified atom stereocenters. The minimum absolute atomic E-state index is 0.0101. The number of nitriles is 1. The predicted octanol–water partition coefficient (Wildman–Crippen LogP) is 1.07. The molecule has 1 N–H and O–H groups in total. The molecule has 0 aliphatic rings. The molecule has 0 atom stereocenters. The highest BCUT2D eigenvalue weighted by Crippen LogP contribution is 2.18. The van der Waals surface area contributed by atoms with E-state index in [-0.39, 0.29) is 19.5 Å². The van der Waals surface area contributed by atoms with E-state index in [0.29, 0.717) is 11.3 Å². The van der Waals surface area contributed by atoms with Crippen molar-refractivity contribution >= 4 is 15.9 Å². The van der Waals surface area contributed by atoms with E-state index < -0.39 is 16.0 Å². The van der Waals surface area contributed by atoms with Crippen LogP contribution in [0.2, 0.25) is 0 Å². The summed E-state index contributed by atoms with van der Waals surface area (Å²) in [6.07, 6.45) is 0.115. The summed E-state index contributed by atoms with van der Waals surface area (Å²) in [7, 11) is 1.17. The molecule has 1 aromatic rings. The zero-order chi connectivity index (χ0) is 16.0. The topological polar surface area (TPSA) is 76.4 Å². The van der Waals surface area contributed by atoms with Gasteiger partial charge in [-0.1, -0.05) is 6.07 Å². The van der Waals surface area contributed by atoms with E-state index in [2.05, 4.69) is 4.72 Å². The van der Waals surface area contributed by atoms with Gasteiger partial charge in [0.1, 0.15) is 5.82 Å². The van der Waals surface area contributed by atoms with Gasteiger partial charge in [-0.3, -0.25) is 0 Å². The summed E-state index contributed by atoms with van der Waals surface area (Å²) in [5.41, 5.74) is 0.961. The number of halogens is 1. The number of nitrogens with one attached hydrogen (secondary N) is 1. The summed E-state index contributed by atoms with van der Waals surface area (Å²) in [5, 5.41) is 8.45. The Bertz CT molecular complexity index is 626. The van der Waals surface area contributed by atoms with Crippen LogP contribution in [0, 0.1) is 17.1 Å². The zero-order valence-electron chi connectivity index (χ0n) is 12.3. The van der Waals surface area contributed by atoms with Gasteiger partial charge in [0.25, 0.3) is 10.2 Å². The molecule has 0 aliphatic heterocycles. The van der Waals surface area contributed by atoms with Gasteiger partial charge >= 0.3 is 0 Å². The molecule has 1 aromatic carbocycles. The van der Waals surface area contributed by atoms with Crippen molar-refractivity contribution in [2.45, 2.75) is 13.0 Å². The molecule has 0 saturated heterocycles. The summed E-state index contributed by atoms with van der Waals surface area (Å²) in [5.74, 6) is -0.408. The van der Waals surface area contributed by atoms with Gasteiger partial charge in [0.15, 0.2) is 0 Å². The number of hydrogen-bond donors (Lipinski definition) is 1. The molecule has 0 bridgehead atoms. The van der Waals surface area contributed by atoms with Crippen LogP contribution in [-0.2, 0) is 16.8 Å². The Morgan fingerprint density at radius 2 is 2.00 bits per heavy atom. The van der Waals surface area contributed by atoms with E-state index >= 15 is 0 Å². The van der Waals surface area contributed by atoms with Crippen molar-refractivity contribution in [2.24, 2.45) is 0 Å². The van der Waals surface area contributed by atoms with Crippen molar-refractivity contribution in [3.05, 3.63) is 29.6 Å². The van der Waals surface area contributed by atoms with Crippen LogP contribution >= 0.6 is 0 Å². The van der Waals surface area contributed by atoms with Gasteiger partial charge in [-0.15, -0.1) is 0 Å². The number of nitrogens with zero attached hydrogens (tertiary/aromatic N) is 3. The summed E-state index contributed by atoms with van der Waals surface area (Å²) in [4.78, 5) is 1.64. The number of anilines is 1. The largest absolute Gasteiger partial charge is 0.375 e. The van der Waals surface area contributed by atoms with E-state index in [9.17, 15) is 12.8 Å². The summed E-state index contributed by atoms with van der Waals surface area (Å²) < 4.78 is 41.0. The van der Waals surface area contributed by atoms with Crippen LogP contribution in [0.4, 0.5) is 10.1 Å². The van der Waals surface area contributed by atoms with Gasteiger partial charge < -0.3 is 4.90 Å². The van der Waals surface area contributed by atoms with Crippen LogP contribution in [0.1, 0.15) is 12.0 Å². The predicted molar refractivity (Wildman–Crippen MR) is 79.3 cm³/mol. The van der Waals surface area contributed by atoms with Crippen molar-refractivity contribution in [2.75, 3.05) is 32.6 Å². The lowest BCUT2D eigenvalue weighted by Gasteiger charge is -2.17. The highest BCUT2D eigenvalue weighted by Gasteiger charge is 2.16. The van der Waals surface area contributed by atoms with Gasteiger partial charge in [0.05, 0.1) is 11.8 Å². The SMILES string of the molecule is CN(C)c1ccc(CNS(=O)(=O)N(C)CCC#N)cc1F. The van der Waals surface area contributed by atoms with Gasteiger partial charge in [0.2, 0.25) is 0 Å². The highest BCUT2D eigenvalue weighted by molar-refractivity contribution is 7.87. The number of rotatable bonds is 7. The van der Waals surface area contributed by atoms with E-state index in [1.807, 2.05) is 6.07 Å². The van der Waals surface area contributed by atoms with Crippen molar-refractivity contribution in [3.8, 4) is 6.07 Å². The van der Waals surface area contributed by atoms with Gasteiger partial charge in [-0.25, -0.2) is 4.39 Å². The third kappa shape index (κ3) is 4.97. The summed E-state index contributed by atoms with van der Waals surface area (Å²) in [6.45, 7) is 0.101. The van der Waals surface area contributed by atoms with Crippen LogP contribution in [0.3, 0.4) is 0 Å². The fourth-order valence-electron chi connectivity index (χ4n) is 1.64. The van der Waals surface area contributed by atoms with Crippen LogP contribution in [0.15, 0.2) is 18.2 Å². The fourth-order valence-corrected chi connectivity index (χ4v) is 2.54. The second-order valence-corrected chi connectivity index (χ2v) is 6.60. The van der Waals surface area contributed by atoms with Gasteiger partial charge in [-0.2, -0.15) is 22.7 Å². The molecule has 0 aromatic heterocycles. The van der Waals surface area contributed by atoms with E-state index in [0.717, 1.165) is 4.31 Å². The smallest absolute Gasteiger partial charge is 0.279 e. The molecule has 0 heterocycles. The van der Waals surface area contributed by atoms with Crippen molar-refractivity contribution in [1.29, 1.82) is 5.26 Å². The first-order valence-electron chi connectivity index (χ1n) is 6.31. The highest BCUT2D eigenvalue weighted by atomic mass is 32.2. The molecule has 116 valence electrons. The lowest BCUT2D eigenvalue weighted by Crippen LogP contribution is -2.38. The molecule has 8 heteroatoms. The lowest BCUT2D eigenvalue weighted by atomic mass is 10.2. The molecule has 0 saturated carbocycles. The van der Waals surface area contributed by atoms with E-state index in [1.165, 1.54) is 13.1 Å². The van der Waals surface area contributed by atoms with Gasteiger partial charge in [-0.05, 0) is 17.7 Å². The molecule has 0 radical (unpaired) electrons. The van der Waals surface area contributed by atoms with Crippen molar-refractivity contribution in [1.82, 2.24) is 9.03 Å². The lowest BCUT2D eigenvalue weighted by molar-refractivity contribution is 0.464. The zero-order valence-corrected chi connectivity index (χ0v) is 13.1. The maximum Gasteiger partial charge on any atom is 0.279 e. The first-order chi connectivity index (χ1) is 9.77. The Morgan fingerprint density at radius 1 is 1.33 bits per heavy atom. The quantitative estimate of drug-likeness (QED) is 0.817. The third-order valence-electron chi connectivity index (χ3n) is 2.90. The molecule has 0 aliphatic carbocycles. The molecule has 0 amide bonds. The molecular weight excluding hydrogens is 295 g/mol. The van der Waals surface area contributed by atoms with E-state index in [1.54, 1.807) is 31.1 Å². The molecular formula is C13H19FN4O2S. The van der Waals surface area contributed by atoms with Gasteiger partial charge in [0, 0.05) is 40.7 Å². The first kappa shape index (κ1) is 17.4. The maximum absolute atomic E-state index is 13.8. The second kappa shape index (κ2) is 7.36. The van der Waals surface area contributed by atoms with E-state index in [4.69, 9.17) is 5.26 Å². The number of hydrogen-bond acceptors (Lipinski definition) is 4. The minimum atomic E-state index is -3.67. The molecule has 21 heavy (non-hydrogen) atoms. The summed E-state index contributed by atoms with van der Waals surface area (Å²) in [6, 6.07) is 6.44. The Morgan fingerprint density at radius 3 is 2.52 bits per heavy atom. The second-order valence-electron chi connectivity index (χ2n) is 4.74. The standard InChI is InChI=1S/C13H19FN4O2S/c1-17(2)13-6-5-11(9-12(13)14)10-16-21(19,20)18(3)8-4-7-15/h5-6,9,16H,4,8,10H2,1-3H3.